The van der Waals surface area contributed by atoms with E-state index in [-0.39, 0.29) is 37.1 Å². The first-order chi connectivity index (χ1) is 9.65. The van der Waals surface area contributed by atoms with Gasteiger partial charge < -0.3 is 15.5 Å². The summed E-state index contributed by atoms with van der Waals surface area (Å²) in [5.74, 6) is -0.423. The van der Waals surface area contributed by atoms with E-state index in [0.717, 1.165) is 0 Å². The van der Waals surface area contributed by atoms with Gasteiger partial charge in [0.15, 0.2) is 0 Å². The van der Waals surface area contributed by atoms with E-state index in [1.165, 1.54) is 21.7 Å². The fraction of sp³-hybridized carbons (Fsp3) is 0.545. The molecule has 0 radical (unpaired) electrons. The van der Waals surface area contributed by atoms with Gasteiger partial charge in [-0.05, 0) is 6.42 Å². The van der Waals surface area contributed by atoms with Crippen molar-refractivity contribution in [2.24, 2.45) is 0 Å². The Hall–Kier alpha value is -2.03. The molecule has 1 aromatic rings. The van der Waals surface area contributed by atoms with Gasteiger partial charge in [-0.2, -0.15) is 0 Å². The van der Waals surface area contributed by atoms with E-state index in [4.69, 9.17) is 0 Å². The van der Waals surface area contributed by atoms with Crippen molar-refractivity contribution in [1.29, 1.82) is 0 Å². The number of anilines is 1. The van der Waals surface area contributed by atoms with Crippen LogP contribution >= 0.6 is 11.3 Å². The molecule has 0 bridgehead atoms. The molecule has 108 valence electrons. The summed E-state index contributed by atoms with van der Waals surface area (Å²) in [5.41, 5.74) is 1.53. The van der Waals surface area contributed by atoms with Crippen LogP contribution in [0.5, 0.6) is 0 Å². The summed E-state index contributed by atoms with van der Waals surface area (Å²) in [6.07, 6.45) is 0.948. The lowest BCUT2D eigenvalue weighted by Gasteiger charge is -2.26. The van der Waals surface area contributed by atoms with E-state index in [2.05, 4.69) is 20.8 Å². The average molecular weight is 297 g/mol. The molecule has 0 atom stereocenters. The fourth-order valence-corrected chi connectivity index (χ4v) is 2.28. The van der Waals surface area contributed by atoms with Crippen LogP contribution in [0.1, 0.15) is 19.3 Å². The van der Waals surface area contributed by atoms with Gasteiger partial charge in [-0.1, -0.05) is 11.3 Å². The SMILES string of the molecule is O=C1CN(C(=O)CCCC(=O)Nc2nncs2)CCN1. The van der Waals surface area contributed by atoms with Crippen molar-refractivity contribution in [3.8, 4) is 0 Å². The van der Waals surface area contributed by atoms with Crippen LogP contribution in [-0.4, -0.2) is 52.5 Å². The first-order valence-corrected chi connectivity index (χ1v) is 7.13. The third-order valence-electron chi connectivity index (χ3n) is 2.79. The van der Waals surface area contributed by atoms with E-state index in [1.54, 1.807) is 0 Å². The molecule has 8 nitrogen and oxygen atoms in total. The molecule has 0 aliphatic carbocycles. The summed E-state index contributed by atoms with van der Waals surface area (Å²) >= 11 is 1.24. The Labute approximate surface area is 119 Å². The fourth-order valence-electron chi connectivity index (χ4n) is 1.82. The summed E-state index contributed by atoms with van der Waals surface area (Å²) in [7, 11) is 0. The maximum absolute atomic E-state index is 11.8. The number of hydrogen-bond acceptors (Lipinski definition) is 6. The topological polar surface area (TPSA) is 104 Å². The Balaban J connectivity index is 1.66. The minimum Gasteiger partial charge on any atom is -0.353 e. The molecule has 20 heavy (non-hydrogen) atoms. The second-order valence-corrected chi connectivity index (χ2v) is 5.14. The molecule has 2 rings (SSSR count). The van der Waals surface area contributed by atoms with Crippen LogP contribution in [-0.2, 0) is 14.4 Å². The van der Waals surface area contributed by atoms with Crippen molar-refractivity contribution in [2.75, 3.05) is 25.0 Å². The first-order valence-electron chi connectivity index (χ1n) is 6.25. The van der Waals surface area contributed by atoms with Gasteiger partial charge in [0.2, 0.25) is 22.9 Å². The number of amides is 3. The molecule has 1 aliphatic heterocycles. The zero-order valence-electron chi connectivity index (χ0n) is 10.8. The summed E-state index contributed by atoms with van der Waals surface area (Å²) in [4.78, 5) is 36.1. The second kappa shape index (κ2) is 6.94. The third-order valence-corrected chi connectivity index (χ3v) is 3.40. The van der Waals surface area contributed by atoms with Crippen LogP contribution in [0.4, 0.5) is 5.13 Å². The van der Waals surface area contributed by atoms with E-state index in [1.807, 2.05) is 0 Å². The van der Waals surface area contributed by atoms with E-state index < -0.39 is 0 Å². The van der Waals surface area contributed by atoms with Gasteiger partial charge >= 0.3 is 0 Å². The lowest BCUT2D eigenvalue weighted by atomic mass is 10.2. The molecule has 0 saturated carbocycles. The van der Waals surface area contributed by atoms with E-state index in [9.17, 15) is 14.4 Å². The number of aromatic nitrogens is 2. The molecule has 9 heteroatoms. The molecule has 0 aromatic carbocycles. The number of piperazine rings is 1. The Morgan fingerprint density at radius 2 is 2.30 bits per heavy atom. The van der Waals surface area contributed by atoms with Gasteiger partial charge in [-0.15, -0.1) is 10.2 Å². The summed E-state index contributed by atoms with van der Waals surface area (Å²) in [6, 6.07) is 0. The highest BCUT2D eigenvalue weighted by molar-refractivity contribution is 7.13. The molecule has 2 N–H and O–H groups in total. The van der Waals surface area contributed by atoms with Gasteiger partial charge in [-0.3, -0.25) is 14.4 Å². The van der Waals surface area contributed by atoms with Crippen LogP contribution in [0, 0.1) is 0 Å². The Kier molecular flexibility index (Phi) is 4.99. The molecule has 1 saturated heterocycles. The normalized spacial score (nSPS) is 14.8. The smallest absolute Gasteiger partial charge is 0.239 e. The highest BCUT2D eigenvalue weighted by atomic mass is 32.1. The minimum atomic E-state index is -0.189. The van der Waals surface area contributed by atoms with E-state index in [0.29, 0.717) is 24.6 Å². The van der Waals surface area contributed by atoms with Crippen LogP contribution in [0.2, 0.25) is 0 Å². The van der Waals surface area contributed by atoms with Crippen molar-refractivity contribution in [1.82, 2.24) is 20.4 Å². The molecule has 1 aromatic heterocycles. The lowest BCUT2D eigenvalue weighted by molar-refractivity contribution is -0.138. The van der Waals surface area contributed by atoms with Crippen LogP contribution in [0.25, 0.3) is 0 Å². The van der Waals surface area contributed by atoms with Crippen molar-refractivity contribution in [2.45, 2.75) is 19.3 Å². The maximum Gasteiger partial charge on any atom is 0.239 e. The third kappa shape index (κ3) is 4.26. The Morgan fingerprint density at radius 3 is 3.00 bits per heavy atom. The van der Waals surface area contributed by atoms with Crippen LogP contribution in [0.15, 0.2) is 5.51 Å². The number of carbonyl (C=O) groups excluding carboxylic acids is 3. The monoisotopic (exact) mass is 297 g/mol. The zero-order valence-corrected chi connectivity index (χ0v) is 11.6. The quantitative estimate of drug-likeness (QED) is 0.770. The van der Waals surface area contributed by atoms with Gasteiger partial charge in [0, 0.05) is 25.9 Å². The van der Waals surface area contributed by atoms with Gasteiger partial charge in [0.1, 0.15) is 5.51 Å². The molecular formula is C11H15N5O3S. The maximum atomic E-state index is 11.8. The van der Waals surface area contributed by atoms with Crippen molar-refractivity contribution in [3.05, 3.63) is 5.51 Å². The van der Waals surface area contributed by atoms with Crippen molar-refractivity contribution in [3.63, 3.8) is 0 Å². The molecule has 0 spiro atoms. The highest BCUT2D eigenvalue weighted by Crippen LogP contribution is 2.09. The molecule has 2 heterocycles. The largest absolute Gasteiger partial charge is 0.353 e. The van der Waals surface area contributed by atoms with Crippen molar-refractivity contribution >= 4 is 34.2 Å². The predicted octanol–water partition coefficient (Wildman–Crippen LogP) is -0.395. The average Bonchev–Trinajstić information content (AvgIpc) is 2.91. The number of nitrogens with one attached hydrogen (secondary N) is 2. The Morgan fingerprint density at radius 1 is 1.45 bits per heavy atom. The standard InChI is InChI=1S/C11H15N5O3S/c17-8(14-11-15-13-7-20-11)2-1-3-10(19)16-5-4-12-9(18)6-16/h7H,1-6H2,(H,12,18)(H,14,15,17). The zero-order chi connectivity index (χ0) is 14.4. The molecule has 1 fully saturated rings. The molecule has 1 aliphatic rings. The predicted molar refractivity (Wildman–Crippen MR) is 72.0 cm³/mol. The molecular weight excluding hydrogens is 282 g/mol. The summed E-state index contributed by atoms with van der Waals surface area (Å²) < 4.78 is 0. The molecule has 3 amide bonds. The Bertz CT molecular complexity index is 490. The summed E-state index contributed by atoms with van der Waals surface area (Å²) in [6.45, 7) is 1.12. The van der Waals surface area contributed by atoms with E-state index >= 15 is 0 Å². The number of rotatable bonds is 5. The van der Waals surface area contributed by atoms with Crippen LogP contribution < -0.4 is 10.6 Å². The second-order valence-electron chi connectivity index (χ2n) is 4.31. The molecule has 0 unspecified atom stereocenters. The summed E-state index contributed by atoms with van der Waals surface area (Å²) in [5, 5.41) is 13.0. The minimum absolute atomic E-state index is 0.0939. The van der Waals surface area contributed by atoms with Gasteiger partial charge in [-0.25, -0.2) is 0 Å². The van der Waals surface area contributed by atoms with Gasteiger partial charge in [0.25, 0.3) is 0 Å². The number of carbonyl (C=O) groups is 3. The number of nitrogens with zero attached hydrogens (tertiary/aromatic N) is 3. The van der Waals surface area contributed by atoms with Crippen molar-refractivity contribution < 1.29 is 14.4 Å². The van der Waals surface area contributed by atoms with Crippen LogP contribution in [0.3, 0.4) is 0 Å². The van der Waals surface area contributed by atoms with Gasteiger partial charge in [0.05, 0.1) is 6.54 Å². The lowest BCUT2D eigenvalue weighted by Crippen LogP contribution is -2.49. The number of hydrogen-bond donors (Lipinski definition) is 2. The highest BCUT2D eigenvalue weighted by Gasteiger charge is 2.20. The first kappa shape index (κ1) is 14.4.